The van der Waals surface area contributed by atoms with Crippen molar-refractivity contribution in [3.8, 4) is 11.8 Å². The van der Waals surface area contributed by atoms with Crippen molar-refractivity contribution < 1.29 is 5.11 Å². The summed E-state index contributed by atoms with van der Waals surface area (Å²) in [5, 5.41) is 18.1. The molecule has 0 saturated carbocycles. The van der Waals surface area contributed by atoms with Crippen LogP contribution in [0.5, 0.6) is 5.75 Å². The number of hydrogen-bond donors (Lipinski definition) is 1. The molecule has 1 aromatic rings. The molecular formula is C12H15NOS. The molecule has 0 spiro atoms. The van der Waals surface area contributed by atoms with Gasteiger partial charge in [0.25, 0.3) is 0 Å². The fraction of sp³-hybridized carbons (Fsp3) is 0.417. The summed E-state index contributed by atoms with van der Waals surface area (Å²) in [6.45, 7) is 3.88. The van der Waals surface area contributed by atoms with Gasteiger partial charge in [-0.1, -0.05) is 6.07 Å². The monoisotopic (exact) mass is 221 g/mol. The summed E-state index contributed by atoms with van der Waals surface area (Å²) < 4.78 is 0. The van der Waals surface area contributed by atoms with E-state index < -0.39 is 0 Å². The molecule has 0 aliphatic heterocycles. The smallest absolute Gasteiger partial charge is 0.116 e. The normalized spacial score (nSPS) is 11.0. The molecule has 0 unspecified atom stereocenters. The van der Waals surface area contributed by atoms with Gasteiger partial charge in [0.15, 0.2) is 0 Å². The van der Waals surface area contributed by atoms with E-state index in [2.05, 4.69) is 6.07 Å². The molecular weight excluding hydrogens is 206 g/mol. The van der Waals surface area contributed by atoms with Gasteiger partial charge in [0, 0.05) is 4.90 Å². The number of phenolic OH excluding ortho intramolecular Hbond substituents is 1. The van der Waals surface area contributed by atoms with Crippen molar-refractivity contribution in [1.82, 2.24) is 0 Å². The Hall–Kier alpha value is -1.14. The fourth-order valence-electron chi connectivity index (χ4n) is 1.05. The summed E-state index contributed by atoms with van der Waals surface area (Å²) in [7, 11) is 0. The van der Waals surface area contributed by atoms with Crippen molar-refractivity contribution in [2.75, 3.05) is 5.75 Å². The third-order valence-corrected chi connectivity index (χ3v) is 3.11. The quantitative estimate of drug-likeness (QED) is 0.792. The van der Waals surface area contributed by atoms with Crippen LogP contribution in [0.2, 0.25) is 0 Å². The maximum atomic E-state index is 9.25. The molecule has 15 heavy (non-hydrogen) atoms. The van der Waals surface area contributed by atoms with E-state index in [4.69, 9.17) is 5.26 Å². The van der Waals surface area contributed by atoms with Crippen LogP contribution in [-0.4, -0.2) is 10.9 Å². The lowest BCUT2D eigenvalue weighted by atomic mass is 9.93. The Kier molecular flexibility index (Phi) is 4.05. The highest BCUT2D eigenvalue weighted by molar-refractivity contribution is 7.99. The van der Waals surface area contributed by atoms with E-state index in [9.17, 15) is 5.11 Å². The van der Waals surface area contributed by atoms with Crippen molar-refractivity contribution in [3.63, 3.8) is 0 Å². The molecule has 0 fully saturated rings. The van der Waals surface area contributed by atoms with Gasteiger partial charge in [0.1, 0.15) is 5.75 Å². The number of rotatable bonds is 4. The summed E-state index contributed by atoms with van der Waals surface area (Å²) in [5.41, 5.74) is -0.260. The lowest BCUT2D eigenvalue weighted by Gasteiger charge is -2.13. The molecule has 1 rings (SSSR count). The molecule has 3 heteroatoms. The number of aromatic hydroxyl groups is 1. The van der Waals surface area contributed by atoms with Crippen LogP contribution in [-0.2, 0) is 0 Å². The number of hydrogen-bond acceptors (Lipinski definition) is 3. The summed E-state index contributed by atoms with van der Waals surface area (Å²) in [4.78, 5) is 1.05. The zero-order valence-corrected chi connectivity index (χ0v) is 9.84. The van der Waals surface area contributed by atoms with Crippen LogP contribution < -0.4 is 0 Å². The third-order valence-electron chi connectivity index (χ3n) is 2.12. The van der Waals surface area contributed by atoms with E-state index in [1.807, 2.05) is 26.0 Å². The topological polar surface area (TPSA) is 44.0 Å². The van der Waals surface area contributed by atoms with Crippen LogP contribution in [0.4, 0.5) is 0 Å². The number of phenols is 1. The lowest BCUT2D eigenvalue weighted by Crippen LogP contribution is -2.08. The highest BCUT2D eigenvalue weighted by Crippen LogP contribution is 2.27. The highest BCUT2D eigenvalue weighted by atomic mass is 32.2. The van der Waals surface area contributed by atoms with Crippen molar-refractivity contribution in [3.05, 3.63) is 24.3 Å². The van der Waals surface area contributed by atoms with E-state index in [-0.39, 0.29) is 5.41 Å². The molecule has 0 heterocycles. The predicted molar refractivity (Wildman–Crippen MR) is 62.8 cm³/mol. The first-order valence-corrected chi connectivity index (χ1v) is 5.85. The van der Waals surface area contributed by atoms with Crippen LogP contribution in [0.25, 0.3) is 0 Å². The zero-order valence-electron chi connectivity index (χ0n) is 9.03. The molecule has 0 atom stereocenters. The second-order valence-corrected chi connectivity index (χ2v) is 5.26. The molecule has 1 N–H and O–H groups in total. The second-order valence-electron chi connectivity index (χ2n) is 4.09. The summed E-state index contributed by atoms with van der Waals surface area (Å²) in [5.74, 6) is 1.18. The number of nitrogens with zero attached hydrogens (tertiary/aromatic N) is 1. The third kappa shape index (κ3) is 4.26. The molecule has 1 aromatic carbocycles. The van der Waals surface area contributed by atoms with Crippen LogP contribution in [0.3, 0.4) is 0 Å². The van der Waals surface area contributed by atoms with Gasteiger partial charge in [-0.15, -0.1) is 11.8 Å². The molecule has 0 saturated heterocycles. The minimum Gasteiger partial charge on any atom is -0.508 e. The average Bonchev–Trinajstić information content (AvgIpc) is 2.18. The molecule has 0 aromatic heterocycles. The lowest BCUT2D eigenvalue weighted by molar-refractivity contribution is 0.473. The van der Waals surface area contributed by atoms with Gasteiger partial charge in [-0.2, -0.15) is 5.26 Å². The largest absolute Gasteiger partial charge is 0.508 e. The van der Waals surface area contributed by atoms with Crippen molar-refractivity contribution >= 4 is 11.8 Å². The molecule has 2 nitrogen and oxygen atoms in total. The van der Waals surface area contributed by atoms with Gasteiger partial charge >= 0.3 is 0 Å². The molecule has 0 aliphatic carbocycles. The predicted octanol–water partition coefficient (Wildman–Crippen LogP) is 3.42. The molecule has 0 amide bonds. The van der Waals surface area contributed by atoms with Crippen molar-refractivity contribution in [2.45, 2.75) is 25.2 Å². The van der Waals surface area contributed by atoms with Gasteiger partial charge in [-0.05, 0) is 44.2 Å². The number of thioether (sulfide) groups is 1. The summed E-state index contributed by atoms with van der Waals surface area (Å²) in [6.07, 6.45) is 0.851. The Morgan fingerprint density at radius 2 is 2.20 bits per heavy atom. The molecule has 80 valence electrons. The Morgan fingerprint density at radius 3 is 2.80 bits per heavy atom. The van der Waals surface area contributed by atoms with E-state index >= 15 is 0 Å². The molecule has 0 bridgehead atoms. The van der Waals surface area contributed by atoms with E-state index in [1.54, 1.807) is 23.9 Å². The Labute approximate surface area is 94.9 Å². The first kappa shape index (κ1) is 11.9. The minimum absolute atomic E-state index is 0.260. The number of benzene rings is 1. The Morgan fingerprint density at radius 1 is 1.47 bits per heavy atom. The zero-order chi connectivity index (χ0) is 11.3. The van der Waals surface area contributed by atoms with Gasteiger partial charge in [-0.3, -0.25) is 0 Å². The first-order valence-electron chi connectivity index (χ1n) is 4.86. The minimum atomic E-state index is -0.260. The SMILES string of the molecule is CC(C)(C#N)CCSc1cccc(O)c1. The second kappa shape index (κ2) is 5.09. The van der Waals surface area contributed by atoms with Gasteiger partial charge in [-0.25, -0.2) is 0 Å². The van der Waals surface area contributed by atoms with E-state index in [0.717, 1.165) is 17.1 Å². The highest BCUT2D eigenvalue weighted by Gasteiger charge is 2.15. The standard InChI is InChI=1S/C12H15NOS/c1-12(2,9-13)6-7-15-11-5-3-4-10(14)8-11/h3-5,8,14H,6-7H2,1-2H3. The van der Waals surface area contributed by atoms with Crippen LogP contribution in [0.1, 0.15) is 20.3 Å². The van der Waals surface area contributed by atoms with Gasteiger partial charge < -0.3 is 5.11 Å². The van der Waals surface area contributed by atoms with Crippen LogP contribution >= 0.6 is 11.8 Å². The first-order chi connectivity index (χ1) is 7.03. The van der Waals surface area contributed by atoms with Crippen LogP contribution in [0, 0.1) is 16.7 Å². The summed E-state index contributed by atoms with van der Waals surface area (Å²) in [6, 6.07) is 9.46. The van der Waals surface area contributed by atoms with Crippen molar-refractivity contribution in [2.24, 2.45) is 5.41 Å². The van der Waals surface area contributed by atoms with Gasteiger partial charge in [0.05, 0.1) is 11.5 Å². The van der Waals surface area contributed by atoms with E-state index in [1.165, 1.54) is 0 Å². The Bertz CT molecular complexity index is 368. The van der Waals surface area contributed by atoms with Gasteiger partial charge in [0.2, 0.25) is 0 Å². The Balaban J connectivity index is 2.42. The average molecular weight is 221 g/mol. The molecule has 0 radical (unpaired) electrons. The van der Waals surface area contributed by atoms with E-state index in [0.29, 0.717) is 5.75 Å². The maximum absolute atomic E-state index is 9.25. The molecule has 0 aliphatic rings. The fourth-order valence-corrected chi connectivity index (χ4v) is 2.28. The maximum Gasteiger partial charge on any atom is 0.116 e. The summed E-state index contributed by atoms with van der Waals surface area (Å²) >= 11 is 1.67. The van der Waals surface area contributed by atoms with Crippen molar-refractivity contribution in [1.29, 1.82) is 5.26 Å². The number of nitriles is 1. The van der Waals surface area contributed by atoms with Crippen LogP contribution in [0.15, 0.2) is 29.2 Å².